The van der Waals surface area contributed by atoms with E-state index >= 15 is 0 Å². The van der Waals surface area contributed by atoms with Crippen molar-refractivity contribution in [3.63, 3.8) is 0 Å². The summed E-state index contributed by atoms with van der Waals surface area (Å²) >= 11 is 0. The summed E-state index contributed by atoms with van der Waals surface area (Å²) in [5.41, 5.74) is 2.75. The second-order valence-electron chi connectivity index (χ2n) is 10.0. The van der Waals surface area contributed by atoms with E-state index < -0.39 is 74.5 Å². The minimum Gasteiger partial charge on any atom is -1.00 e. The van der Waals surface area contributed by atoms with Gasteiger partial charge in [0.1, 0.15) is 55.9 Å². The molecule has 5 rings (SSSR count). The second kappa shape index (κ2) is 12.2. The van der Waals surface area contributed by atoms with E-state index in [1.807, 2.05) is 41.9 Å². The maximum atomic E-state index is 10.4. The van der Waals surface area contributed by atoms with Gasteiger partial charge in [-0.05, 0) is 30.3 Å². The Kier molecular flexibility index (Phi) is 9.34. The lowest BCUT2D eigenvalue weighted by molar-refractivity contribution is -0.617. The highest BCUT2D eigenvalue weighted by atomic mass is 35.5. The van der Waals surface area contributed by atoms with Crippen molar-refractivity contribution in [2.75, 3.05) is 23.8 Å². The van der Waals surface area contributed by atoms with Crippen molar-refractivity contribution in [2.45, 2.75) is 61.3 Å². The van der Waals surface area contributed by atoms with Crippen LogP contribution in [0.25, 0.3) is 21.8 Å². The number of benzene rings is 2. The maximum Gasteiger partial charge on any atom is 0.214 e. The van der Waals surface area contributed by atoms with E-state index in [-0.39, 0.29) is 12.4 Å². The van der Waals surface area contributed by atoms with Crippen molar-refractivity contribution in [3.05, 3.63) is 42.5 Å². The van der Waals surface area contributed by atoms with Crippen LogP contribution in [-0.2, 0) is 16.5 Å². The molecule has 0 amide bonds. The van der Waals surface area contributed by atoms with E-state index in [1.54, 1.807) is 12.1 Å². The van der Waals surface area contributed by atoms with Crippen LogP contribution in [0.5, 0.6) is 0 Å². The van der Waals surface area contributed by atoms with Crippen LogP contribution >= 0.6 is 0 Å². The lowest BCUT2D eigenvalue weighted by atomic mass is 9.98. The first-order valence-electron chi connectivity index (χ1n) is 12.6. The van der Waals surface area contributed by atoms with Crippen LogP contribution in [0.2, 0.25) is 0 Å². The van der Waals surface area contributed by atoms with Gasteiger partial charge in [0.25, 0.3) is 0 Å². The standard InChI is InChI=1S/C26H33N3O10.ClH/c1-29-15-7-13(27-25-23(36)21(34)19(32)17(9-30)38-25)4-2-11(15)6-12-3-5-14(8-16(12)29)28-26-24(37)22(35)20(33)18(10-31)39-26;/h2-8,17-26,30-37H,9-10H2,1H3,(H,27,28);1H/t17-,18-,19-,20-,21+,22+,23-,24-,25+,26+;/m1./s1. The van der Waals surface area contributed by atoms with Gasteiger partial charge in [0.05, 0.1) is 13.2 Å². The van der Waals surface area contributed by atoms with Gasteiger partial charge < -0.3 is 73.4 Å². The Hall–Kier alpha value is -2.40. The number of aryl methyl sites for hydroxylation is 1. The SMILES string of the molecule is C[n+]1c2cc(N[C@H]3O[C@H](CO)[C@@H](O)[C@H](O)[C@H]3O)ccc2cc2ccc(N[C@H]3O[C@H](CO)[C@@H](O)[C@H](O)[C@H]3O)cc21.[Cl-]. The van der Waals surface area contributed by atoms with Crippen LogP contribution in [0.15, 0.2) is 42.5 Å². The molecule has 10 N–H and O–H groups in total. The first-order chi connectivity index (χ1) is 18.6. The summed E-state index contributed by atoms with van der Waals surface area (Å²) in [5.74, 6) is 0. The molecular formula is C26H34ClN3O10. The highest BCUT2D eigenvalue weighted by Gasteiger charge is 2.44. The predicted octanol–water partition coefficient (Wildman–Crippen LogP) is -5.75. The zero-order valence-electron chi connectivity index (χ0n) is 21.4. The molecule has 2 fully saturated rings. The number of nitrogens with one attached hydrogen (secondary N) is 2. The summed E-state index contributed by atoms with van der Waals surface area (Å²) in [7, 11) is 1.86. The summed E-state index contributed by atoms with van der Waals surface area (Å²) in [5, 5.41) is 87.7. The van der Waals surface area contributed by atoms with Crippen LogP contribution < -0.4 is 27.6 Å². The number of hydrogen-bond acceptors (Lipinski definition) is 12. The van der Waals surface area contributed by atoms with E-state index in [0.29, 0.717) is 11.4 Å². The molecule has 2 aliphatic rings. The van der Waals surface area contributed by atoms with Crippen molar-refractivity contribution < 1.29 is 67.3 Å². The number of rotatable bonds is 6. The number of halogens is 1. The van der Waals surface area contributed by atoms with Crippen LogP contribution in [0.4, 0.5) is 11.4 Å². The zero-order valence-corrected chi connectivity index (χ0v) is 22.2. The molecule has 0 unspecified atom stereocenters. The molecule has 14 heteroatoms. The molecule has 0 spiro atoms. The molecule has 13 nitrogen and oxygen atoms in total. The molecule has 220 valence electrons. The minimum atomic E-state index is -1.50. The van der Waals surface area contributed by atoms with E-state index in [1.165, 1.54) is 0 Å². The largest absolute Gasteiger partial charge is 1.00 e. The number of pyridine rings is 1. The van der Waals surface area contributed by atoms with E-state index in [2.05, 4.69) is 10.6 Å². The smallest absolute Gasteiger partial charge is 0.214 e. The predicted molar refractivity (Wildman–Crippen MR) is 137 cm³/mol. The quantitative estimate of drug-likeness (QED) is 0.0972. The number of aliphatic hydroxyl groups excluding tert-OH is 8. The van der Waals surface area contributed by atoms with Crippen LogP contribution in [0.1, 0.15) is 0 Å². The van der Waals surface area contributed by atoms with E-state index in [0.717, 1.165) is 21.8 Å². The van der Waals surface area contributed by atoms with Crippen molar-refractivity contribution in [1.82, 2.24) is 0 Å². The summed E-state index contributed by atoms with van der Waals surface area (Å²) in [6, 6.07) is 13.0. The Morgan fingerprint density at radius 3 is 1.40 bits per heavy atom. The molecule has 2 aliphatic heterocycles. The Bertz CT molecular complexity index is 1230. The van der Waals surface area contributed by atoms with E-state index in [9.17, 15) is 40.9 Å². The third kappa shape index (κ3) is 5.55. The van der Waals surface area contributed by atoms with Gasteiger partial charge in [0, 0.05) is 34.3 Å². The van der Waals surface area contributed by atoms with Crippen molar-refractivity contribution in [3.8, 4) is 0 Å². The highest BCUT2D eigenvalue weighted by molar-refractivity contribution is 5.91. The Morgan fingerprint density at radius 1 is 0.625 bits per heavy atom. The van der Waals surface area contributed by atoms with Crippen LogP contribution in [-0.4, -0.2) is 115 Å². The summed E-state index contributed by atoms with van der Waals surface area (Å²) < 4.78 is 13.0. The average Bonchev–Trinajstić information content (AvgIpc) is 2.94. The van der Waals surface area contributed by atoms with Gasteiger partial charge >= 0.3 is 0 Å². The summed E-state index contributed by atoms with van der Waals surface area (Å²) in [6.45, 7) is -1.05. The van der Waals surface area contributed by atoms with Gasteiger partial charge in [-0.3, -0.25) is 0 Å². The van der Waals surface area contributed by atoms with Crippen LogP contribution in [0.3, 0.4) is 0 Å². The molecule has 2 aromatic carbocycles. The molecule has 3 heterocycles. The molecule has 1 aromatic heterocycles. The third-order valence-corrected chi connectivity index (χ3v) is 7.50. The molecule has 3 aromatic rings. The minimum absolute atomic E-state index is 0. The first-order valence-corrected chi connectivity index (χ1v) is 12.6. The van der Waals surface area contributed by atoms with Crippen molar-refractivity contribution in [2.24, 2.45) is 7.05 Å². The first kappa shape index (κ1) is 30.6. The van der Waals surface area contributed by atoms with Gasteiger partial charge in [-0.1, -0.05) is 0 Å². The topological polar surface area (TPSA) is 208 Å². The number of fused-ring (bicyclic) bond motifs is 2. The number of nitrogens with zero attached hydrogens (tertiary/aromatic N) is 1. The van der Waals surface area contributed by atoms with Gasteiger partial charge in [0.2, 0.25) is 11.0 Å². The molecule has 0 bridgehead atoms. The maximum absolute atomic E-state index is 10.4. The molecule has 0 aliphatic carbocycles. The van der Waals surface area contributed by atoms with Gasteiger partial charge in [-0.15, -0.1) is 0 Å². The average molecular weight is 584 g/mol. The van der Waals surface area contributed by atoms with Crippen LogP contribution in [0, 0.1) is 0 Å². The van der Waals surface area contributed by atoms with Crippen molar-refractivity contribution >= 4 is 33.2 Å². The number of ether oxygens (including phenoxy) is 2. The summed E-state index contributed by atoms with van der Waals surface area (Å²) in [4.78, 5) is 0. The normalized spacial score (nSPS) is 34.4. The monoisotopic (exact) mass is 583 g/mol. The molecule has 0 radical (unpaired) electrons. The number of hydrogen-bond donors (Lipinski definition) is 10. The highest BCUT2D eigenvalue weighted by Crippen LogP contribution is 2.28. The molecule has 2 saturated heterocycles. The molecule has 10 atom stereocenters. The molecule has 40 heavy (non-hydrogen) atoms. The Labute approximate surface area is 235 Å². The lowest BCUT2D eigenvalue weighted by Crippen LogP contribution is -3.00. The van der Waals surface area contributed by atoms with E-state index in [4.69, 9.17) is 9.47 Å². The zero-order chi connectivity index (χ0) is 28.0. The molecular weight excluding hydrogens is 550 g/mol. The number of anilines is 2. The fraction of sp³-hybridized carbons (Fsp3) is 0.500. The van der Waals surface area contributed by atoms with Gasteiger partial charge in [-0.2, -0.15) is 4.57 Å². The Morgan fingerprint density at radius 2 is 1.02 bits per heavy atom. The number of aliphatic hydroxyl groups is 8. The Balaban J connectivity index is 0.00000370. The number of aromatic nitrogens is 1. The van der Waals surface area contributed by atoms with Gasteiger partial charge in [-0.25, -0.2) is 0 Å². The second-order valence-corrected chi connectivity index (χ2v) is 10.0. The fourth-order valence-corrected chi connectivity index (χ4v) is 5.16. The third-order valence-electron chi connectivity index (χ3n) is 7.50. The lowest BCUT2D eigenvalue weighted by Gasteiger charge is -2.40. The molecule has 0 saturated carbocycles. The summed E-state index contributed by atoms with van der Waals surface area (Å²) in [6.07, 6.45) is -13.0. The van der Waals surface area contributed by atoms with Crippen molar-refractivity contribution in [1.29, 1.82) is 0 Å². The van der Waals surface area contributed by atoms with Gasteiger partial charge in [0.15, 0.2) is 12.5 Å². The fourth-order valence-electron chi connectivity index (χ4n) is 5.16.